The first kappa shape index (κ1) is 76.1. The summed E-state index contributed by atoms with van der Waals surface area (Å²) in [4.78, 5) is 27.3. The zero-order chi connectivity index (χ0) is 67.5. The lowest BCUT2D eigenvalue weighted by molar-refractivity contribution is -0.0603. The van der Waals surface area contributed by atoms with Gasteiger partial charge in [0.05, 0.1) is 135 Å². The van der Waals surface area contributed by atoms with Gasteiger partial charge in [0.1, 0.15) is 18.0 Å². The molecule has 0 saturated heterocycles. The molecule has 0 radical (unpaired) electrons. The molecule has 23 heteroatoms. The van der Waals surface area contributed by atoms with Crippen LogP contribution in [0.25, 0.3) is 67.8 Å². The van der Waals surface area contributed by atoms with Gasteiger partial charge in [-0.25, -0.2) is 9.97 Å². The number of nitrogens with zero attached hydrogens (tertiary/aromatic N) is 6. The molecule has 0 spiro atoms. The van der Waals surface area contributed by atoms with Crippen LogP contribution in [0.2, 0.25) is 0 Å². The number of aromatic hydroxyl groups is 1. The molecule has 0 aliphatic heterocycles. The van der Waals surface area contributed by atoms with Gasteiger partial charge in [-0.1, -0.05) is 110 Å². The van der Waals surface area contributed by atoms with Crippen molar-refractivity contribution in [2.45, 2.75) is 43.3 Å². The van der Waals surface area contributed by atoms with E-state index in [1.165, 1.54) is 24.3 Å². The summed E-state index contributed by atoms with van der Waals surface area (Å²) < 4.78 is 88.9. The number of aliphatic hydroxyl groups is 2. The van der Waals surface area contributed by atoms with Gasteiger partial charge in [0, 0.05) is 39.0 Å². The zero-order valence-corrected chi connectivity index (χ0v) is 54.9. The van der Waals surface area contributed by atoms with Crippen LogP contribution in [0.1, 0.15) is 18.6 Å². The molecule has 0 aliphatic rings. The normalized spacial score (nSPS) is 11.7. The van der Waals surface area contributed by atoms with E-state index >= 15 is 0 Å². The Labute approximate surface area is 562 Å². The molecule has 0 amide bonds. The highest BCUT2D eigenvalue weighted by atomic mass is 32.2. The predicted molar refractivity (Wildman–Crippen MR) is 368 cm³/mol. The molecule has 10 aromatic rings. The molecule has 0 fully saturated rings. The summed E-state index contributed by atoms with van der Waals surface area (Å²) in [5.74, 6) is 0.243. The molecule has 6 heterocycles. The molecule has 10 rings (SSSR count). The van der Waals surface area contributed by atoms with Crippen LogP contribution in [0.15, 0.2) is 235 Å². The number of aliphatic hydroxyl groups excluding tert-OH is 2. The van der Waals surface area contributed by atoms with Gasteiger partial charge >= 0.3 is 0 Å². The van der Waals surface area contributed by atoms with Crippen molar-refractivity contribution in [2.75, 3.05) is 93.5 Å². The molecular weight excluding hydrogens is 1260 g/mol. The van der Waals surface area contributed by atoms with Crippen LogP contribution in [-0.2, 0) is 57.0 Å². The Morgan fingerprint density at radius 2 is 0.708 bits per heavy atom. The largest absolute Gasteiger partial charge is 0.508 e. The van der Waals surface area contributed by atoms with Crippen LogP contribution in [0.5, 0.6) is 5.75 Å². The van der Waals surface area contributed by atoms with Crippen molar-refractivity contribution in [1.29, 1.82) is 0 Å². The number of ether oxygens (including phenoxy) is 6. The highest BCUT2D eigenvalue weighted by molar-refractivity contribution is 7.87. The molecule has 21 nitrogen and oxygen atoms in total. The number of rotatable bonds is 30. The maximum atomic E-state index is 12.1. The van der Waals surface area contributed by atoms with Crippen molar-refractivity contribution >= 4 is 20.2 Å². The Kier molecular flexibility index (Phi) is 32.6. The number of methoxy groups -OCH3 is 2. The number of hydrogen-bond acceptors (Lipinski definition) is 21. The van der Waals surface area contributed by atoms with E-state index in [9.17, 15) is 27.0 Å². The lowest BCUT2D eigenvalue weighted by Gasteiger charge is -2.16. The van der Waals surface area contributed by atoms with Gasteiger partial charge in [0.2, 0.25) is 0 Å². The highest BCUT2D eigenvalue weighted by Gasteiger charge is 2.18. The summed E-state index contributed by atoms with van der Waals surface area (Å²) >= 11 is 0. The summed E-state index contributed by atoms with van der Waals surface area (Å²) in [5.41, 5.74) is 12.7. The first-order valence-corrected chi connectivity index (χ1v) is 33.0. The van der Waals surface area contributed by atoms with Crippen LogP contribution < -0.4 is 0 Å². The monoisotopic (exact) mass is 1350 g/mol. The van der Waals surface area contributed by atoms with E-state index in [1.807, 2.05) is 129 Å². The minimum atomic E-state index is -3.89. The molecule has 2 unspecified atom stereocenters. The van der Waals surface area contributed by atoms with Gasteiger partial charge in [0.25, 0.3) is 20.2 Å². The molecule has 96 heavy (non-hydrogen) atoms. The fourth-order valence-electron chi connectivity index (χ4n) is 8.55. The van der Waals surface area contributed by atoms with Crippen LogP contribution >= 0.6 is 0 Å². The summed E-state index contributed by atoms with van der Waals surface area (Å²) in [5, 5.41) is 27.8. The van der Waals surface area contributed by atoms with Crippen LogP contribution in [0.4, 0.5) is 0 Å². The molecule has 506 valence electrons. The van der Waals surface area contributed by atoms with Crippen molar-refractivity contribution in [3.8, 4) is 73.6 Å². The van der Waals surface area contributed by atoms with Crippen LogP contribution in [-0.4, -0.2) is 168 Å². The number of pyridine rings is 6. The van der Waals surface area contributed by atoms with Crippen molar-refractivity contribution in [1.82, 2.24) is 29.9 Å². The Morgan fingerprint density at radius 3 is 1.06 bits per heavy atom. The Hall–Kier alpha value is -8.92. The smallest absolute Gasteiger partial charge is 0.297 e. The average molecular weight is 1350 g/mol. The summed E-state index contributed by atoms with van der Waals surface area (Å²) in [6, 6.07) is 61.3. The van der Waals surface area contributed by atoms with Gasteiger partial charge in [-0.15, -0.1) is 0 Å². The second-order valence-corrected chi connectivity index (χ2v) is 23.9. The number of phenolic OH excluding ortho intramolecular Hbond substituents is 1. The van der Waals surface area contributed by atoms with Gasteiger partial charge in [-0.2, -0.15) is 16.8 Å². The lowest BCUT2D eigenvalue weighted by Crippen LogP contribution is -2.27. The van der Waals surface area contributed by atoms with E-state index in [4.69, 9.17) is 51.9 Å². The highest BCUT2D eigenvalue weighted by Crippen LogP contribution is 2.31. The first-order valence-electron chi connectivity index (χ1n) is 30.2. The Morgan fingerprint density at radius 1 is 0.375 bits per heavy atom. The van der Waals surface area contributed by atoms with Gasteiger partial charge in [0.15, 0.2) is 0 Å². The number of benzene rings is 4. The standard InChI is InChI=1S/C21H15N3O.C21H15N3.C21H28O9S2.C9H20O5.CH4/c25-17-9-7-15(8-10-17)16-13-20(18-5-1-3-11-22-18)24-21(14-16)19-6-2-4-12-23-19;1-2-8-16(9-3-1)17-14-20(18-10-4-6-12-22-18)24-21(15-17)19-11-5-7-13-23-19;1-17-3-7-20(8-4-17)31(23,24)29-13-11-27-16-19(15-22)28-12-14-30-32(25,26)21-9-5-18(2)6-10-21;1-11-3-5-13-8-9(7-10)14-6-4-12-2;/h1-14,25H;1-15H;3-10,19,22H,11-16H2,1-2H3;9-10H,3-8H2,1-2H3;1H4. The number of aromatic nitrogens is 6. The quantitative estimate of drug-likeness (QED) is 0.0279. The van der Waals surface area contributed by atoms with Crippen LogP contribution in [0, 0.1) is 13.8 Å². The molecule has 0 aliphatic carbocycles. The van der Waals surface area contributed by atoms with Gasteiger partial charge < -0.3 is 43.7 Å². The molecular formula is C73H82N6O15S2. The minimum Gasteiger partial charge on any atom is -0.508 e. The first-order chi connectivity index (χ1) is 46.2. The van der Waals surface area contributed by atoms with Crippen LogP contribution in [0.3, 0.4) is 0 Å². The summed E-state index contributed by atoms with van der Waals surface area (Å²) in [6.07, 6.45) is 6.07. The maximum Gasteiger partial charge on any atom is 0.297 e. The molecule has 6 aromatic heterocycles. The minimum absolute atomic E-state index is 0. The number of aryl methyl sites for hydroxylation is 2. The molecule has 0 saturated carbocycles. The average Bonchev–Trinajstić information content (AvgIpc) is 0.821. The second-order valence-electron chi connectivity index (χ2n) is 20.7. The fourth-order valence-corrected chi connectivity index (χ4v) is 10.3. The maximum absolute atomic E-state index is 12.1. The van der Waals surface area contributed by atoms with E-state index in [-0.39, 0.29) is 75.3 Å². The van der Waals surface area contributed by atoms with Crippen molar-refractivity contribution in [3.63, 3.8) is 0 Å². The third kappa shape index (κ3) is 25.7. The van der Waals surface area contributed by atoms with Gasteiger partial charge in [-0.05, 0) is 145 Å². The fraction of sp³-hybridized carbons (Fsp3) is 0.260. The van der Waals surface area contributed by atoms with Crippen molar-refractivity contribution in [2.24, 2.45) is 0 Å². The number of hydrogen-bond donors (Lipinski definition) is 3. The summed E-state index contributed by atoms with van der Waals surface area (Å²) in [6.45, 7) is 5.12. The topological polar surface area (TPSA) is 280 Å². The molecule has 3 N–H and O–H groups in total. The van der Waals surface area contributed by atoms with E-state index < -0.39 is 26.3 Å². The molecule has 0 bridgehead atoms. The van der Waals surface area contributed by atoms with E-state index in [0.717, 1.165) is 78.9 Å². The van der Waals surface area contributed by atoms with E-state index in [2.05, 4.69) is 44.2 Å². The third-order valence-electron chi connectivity index (χ3n) is 13.5. The van der Waals surface area contributed by atoms with E-state index in [0.29, 0.717) is 33.0 Å². The second kappa shape index (κ2) is 41.1. The predicted octanol–water partition coefficient (Wildman–Crippen LogP) is 11.6. The Balaban J connectivity index is 0.000000208. The molecule has 2 atom stereocenters. The lowest BCUT2D eigenvalue weighted by atomic mass is 10.0. The molecule has 4 aromatic carbocycles. The summed E-state index contributed by atoms with van der Waals surface area (Å²) in [7, 11) is -4.55. The SMILES string of the molecule is C.COCCOCC(CO)OCCOC.Cc1ccc(S(=O)(=O)OCCOCC(CO)OCCOS(=O)(=O)c2ccc(C)cc2)cc1.Oc1ccc(-c2cc(-c3ccccn3)nc(-c3ccccn3)c2)cc1.c1ccc(-c2cc(-c3ccccn3)nc(-c3ccccn3)c2)cc1. The van der Waals surface area contributed by atoms with E-state index in [1.54, 1.807) is 75.4 Å². The van der Waals surface area contributed by atoms with Crippen molar-refractivity contribution < 1.29 is 68.9 Å². The number of phenols is 1. The zero-order valence-electron chi connectivity index (χ0n) is 53.2. The van der Waals surface area contributed by atoms with Crippen molar-refractivity contribution in [3.05, 3.63) is 236 Å². The van der Waals surface area contributed by atoms with Gasteiger partial charge in [-0.3, -0.25) is 28.3 Å². The Bertz CT molecular complexity index is 3830. The third-order valence-corrected chi connectivity index (χ3v) is 16.2.